The van der Waals surface area contributed by atoms with Gasteiger partial charge in [-0.05, 0) is 55.9 Å². The fraction of sp³-hybridized carbons (Fsp3) is 0.375. The minimum atomic E-state index is -0.578. The van der Waals surface area contributed by atoms with Gasteiger partial charge in [-0.25, -0.2) is 0 Å². The van der Waals surface area contributed by atoms with E-state index >= 15 is 0 Å². The largest absolute Gasteiger partial charge is 0.352 e. The predicted octanol–water partition coefficient (Wildman–Crippen LogP) is 5.85. The molecule has 1 aliphatic rings. The van der Waals surface area contributed by atoms with Crippen LogP contribution in [0.15, 0.2) is 72.8 Å². The average Bonchev–Trinajstić information content (AvgIpc) is 3.35. The fourth-order valence-electron chi connectivity index (χ4n) is 5.34. The van der Waals surface area contributed by atoms with Gasteiger partial charge in [0, 0.05) is 19.0 Å². The summed E-state index contributed by atoms with van der Waals surface area (Å²) >= 11 is 0. The number of rotatable bonds is 9. The Morgan fingerprint density at radius 1 is 0.861 bits per heavy atom. The van der Waals surface area contributed by atoms with Crippen LogP contribution in [0.5, 0.6) is 0 Å². The number of benzene rings is 3. The van der Waals surface area contributed by atoms with Crippen molar-refractivity contribution in [2.45, 2.75) is 77.9 Å². The average molecular weight is 483 g/mol. The first-order valence-electron chi connectivity index (χ1n) is 13.1. The predicted molar refractivity (Wildman–Crippen MR) is 146 cm³/mol. The van der Waals surface area contributed by atoms with Crippen molar-refractivity contribution in [2.24, 2.45) is 0 Å². The molecule has 4 rings (SSSR count). The first-order valence-corrected chi connectivity index (χ1v) is 13.1. The van der Waals surface area contributed by atoms with Crippen molar-refractivity contribution in [2.75, 3.05) is 0 Å². The number of carbonyl (C=O) groups is 2. The lowest BCUT2D eigenvalue weighted by Gasteiger charge is -2.33. The minimum Gasteiger partial charge on any atom is -0.352 e. The van der Waals surface area contributed by atoms with Crippen molar-refractivity contribution < 1.29 is 9.59 Å². The van der Waals surface area contributed by atoms with E-state index in [-0.39, 0.29) is 24.3 Å². The molecule has 1 fully saturated rings. The zero-order chi connectivity index (χ0) is 25.5. The van der Waals surface area contributed by atoms with E-state index < -0.39 is 6.04 Å². The van der Waals surface area contributed by atoms with Crippen molar-refractivity contribution in [3.8, 4) is 0 Å². The number of hydrogen-bond acceptors (Lipinski definition) is 2. The molecule has 4 heteroatoms. The van der Waals surface area contributed by atoms with Crippen LogP contribution in [0.1, 0.15) is 59.1 Å². The normalized spacial score (nSPS) is 14.4. The molecule has 0 unspecified atom stereocenters. The molecule has 4 nitrogen and oxygen atoms in total. The third-order valence-corrected chi connectivity index (χ3v) is 7.21. The van der Waals surface area contributed by atoms with Gasteiger partial charge in [0.1, 0.15) is 6.04 Å². The van der Waals surface area contributed by atoms with Gasteiger partial charge in [0.25, 0.3) is 0 Å². The molecule has 0 bridgehead atoms. The van der Waals surface area contributed by atoms with Gasteiger partial charge in [-0.2, -0.15) is 0 Å². The van der Waals surface area contributed by atoms with E-state index in [2.05, 4.69) is 56.4 Å². The third kappa shape index (κ3) is 6.84. The molecule has 2 amide bonds. The van der Waals surface area contributed by atoms with Crippen LogP contribution in [0.2, 0.25) is 0 Å². The smallest absolute Gasteiger partial charge is 0.243 e. The second kappa shape index (κ2) is 12.0. The standard InChI is InChI=1S/C32H38N2O2/c1-23-17-24(2)19-27(18-23)21-31(35)34(22-28-14-8-7-11-25(28)3)30(20-26-12-5-4-6-13-26)32(36)33-29-15-9-10-16-29/h4-8,11-14,17-19,29-30H,9-10,15-16,20-22H2,1-3H3,(H,33,36)/t30-/m0/s1. The number of nitrogens with one attached hydrogen (secondary N) is 1. The summed E-state index contributed by atoms with van der Waals surface area (Å²) in [6.45, 7) is 6.58. The molecule has 36 heavy (non-hydrogen) atoms. The highest BCUT2D eigenvalue weighted by Crippen LogP contribution is 2.22. The van der Waals surface area contributed by atoms with Crippen LogP contribution >= 0.6 is 0 Å². The monoisotopic (exact) mass is 482 g/mol. The Hall–Kier alpha value is -3.40. The van der Waals surface area contributed by atoms with Gasteiger partial charge < -0.3 is 10.2 Å². The molecule has 1 atom stereocenters. The number of amides is 2. The SMILES string of the molecule is Cc1cc(C)cc(CC(=O)N(Cc2ccccc2C)[C@@H](Cc2ccccc2)C(=O)NC2CCCC2)c1. The zero-order valence-corrected chi connectivity index (χ0v) is 21.8. The number of aryl methyl sites for hydroxylation is 3. The van der Waals surface area contributed by atoms with E-state index in [9.17, 15) is 9.59 Å². The molecule has 0 saturated heterocycles. The van der Waals surface area contributed by atoms with Gasteiger partial charge in [0.2, 0.25) is 11.8 Å². The summed E-state index contributed by atoms with van der Waals surface area (Å²) in [6.07, 6.45) is 5.08. The van der Waals surface area contributed by atoms with Crippen molar-refractivity contribution in [3.05, 3.63) is 106 Å². The molecule has 3 aromatic rings. The molecule has 1 N–H and O–H groups in total. The first kappa shape index (κ1) is 25.7. The van der Waals surface area contributed by atoms with Crippen LogP contribution in [0.25, 0.3) is 0 Å². The Morgan fingerprint density at radius 2 is 1.50 bits per heavy atom. The van der Waals surface area contributed by atoms with Crippen LogP contribution in [0, 0.1) is 20.8 Å². The maximum atomic E-state index is 14.0. The zero-order valence-electron chi connectivity index (χ0n) is 21.8. The lowest BCUT2D eigenvalue weighted by atomic mass is 9.99. The maximum absolute atomic E-state index is 14.0. The summed E-state index contributed by atoms with van der Waals surface area (Å²) in [7, 11) is 0. The molecular formula is C32H38N2O2. The topological polar surface area (TPSA) is 49.4 Å². The molecule has 0 aromatic heterocycles. The molecule has 0 heterocycles. The minimum absolute atomic E-state index is 0.0224. The van der Waals surface area contributed by atoms with E-state index in [4.69, 9.17) is 0 Å². The van der Waals surface area contributed by atoms with Crippen LogP contribution in [0.4, 0.5) is 0 Å². The summed E-state index contributed by atoms with van der Waals surface area (Å²) < 4.78 is 0. The Labute approximate surface area is 215 Å². The van der Waals surface area contributed by atoms with Gasteiger partial charge in [-0.3, -0.25) is 9.59 Å². The van der Waals surface area contributed by atoms with E-state index in [0.717, 1.165) is 59.1 Å². The summed E-state index contributed by atoms with van der Waals surface area (Å²) in [6, 6.07) is 24.0. The lowest BCUT2D eigenvalue weighted by molar-refractivity contribution is -0.141. The summed E-state index contributed by atoms with van der Waals surface area (Å²) in [5.74, 6) is -0.0705. The second-order valence-electron chi connectivity index (χ2n) is 10.3. The molecule has 0 radical (unpaired) electrons. The van der Waals surface area contributed by atoms with Crippen molar-refractivity contribution >= 4 is 11.8 Å². The van der Waals surface area contributed by atoms with Gasteiger partial charge in [-0.15, -0.1) is 0 Å². The number of carbonyl (C=O) groups excluding carboxylic acids is 2. The highest BCUT2D eigenvalue weighted by Gasteiger charge is 2.32. The molecule has 3 aromatic carbocycles. The van der Waals surface area contributed by atoms with Crippen molar-refractivity contribution in [1.29, 1.82) is 0 Å². The van der Waals surface area contributed by atoms with Gasteiger partial charge in [0.15, 0.2) is 0 Å². The molecule has 0 aliphatic heterocycles. The van der Waals surface area contributed by atoms with E-state index in [1.807, 2.05) is 47.4 Å². The van der Waals surface area contributed by atoms with Gasteiger partial charge >= 0.3 is 0 Å². The van der Waals surface area contributed by atoms with Crippen LogP contribution in [-0.2, 0) is 29.0 Å². The summed E-state index contributed by atoms with van der Waals surface area (Å²) in [4.78, 5) is 29.6. The Morgan fingerprint density at radius 3 is 2.17 bits per heavy atom. The molecule has 0 spiro atoms. The molecular weight excluding hydrogens is 444 g/mol. The van der Waals surface area contributed by atoms with Crippen LogP contribution in [-0.4, -0.2) is 28.8 Å². The number of hydrogen-bond donors (Lipinski definition) is 1. The second-order valence-corrected chi connectivity index (χ2v) is 10.3. The van der Waals surface area contributed by atoms with E-state index in [0.29, 0.717) is 13.0 Å². The summed E-state index contributed by atoms with van der Waals surface area (Å²) in [5, 5.41) is 3.28. The highest BCUT2D eigenvalue weighted by molar-refractivity contribution is 5.89. The highest BCUT2D eigenvalue weighted by atomic mass is 16.2. The van der Waals surface area contributed by atoms with E-state index in [1.54, 1.807) is 0 Å². The van der Waals surface area contributed by atoms with Crippen molar-refractivity contribution in [3.63, 3.8) is 0 Å². The maximum Gasteiger partial charge on any atom is 0.243 e. The quantitative estimate of drug-likeness (QED) is 0.416. The number of nitrogens with zero attached hydrogens (tertiary/aromatic N) is 1. The van der Waals surface area contributed by atoms with Gasteiger partial charge in [-0.1, -0.05) is 96.8 Å². The summed E-state index contributed by atoms with van der Waals surface area (Å²) in [5.41, 5.74) is 6.51. The Bertz CT molecular complexity index is 1160. The van der Waals surface area contributed by atoms with Gasteiger partial charge in [0.05, 0.1) is 6.42 Å². The molecule has 1 aliphatic carbocycles. The van der Waals surface area contributed by atoms with Crippen molar-refractivity contribution in [1.82, 2.24) is 10.2 Å². The Balaban J connectivity index is 1.68. The van der Waals surface area contributed by atoms with Crippen LogP contribution in [0.3, 0.4) is 0 Å². The fourth-order valence-corrected chi connectivity index (χ4v) is 5.34. The van der Waals surface area contributed by atoms with E-state index in [1.165, 1.54) is 0 Å². The third-order valence-electron chi connectivity index (χ3n) is 7.21. The van der Waals surface area contributed by atoms with Crippen LogP contribution < -0.4 is 5.32 Å². The molecule has 1 saturated carbocycles. The molecule has 188 valence electrons. The first-order chi connectivity index (χ1) is 17.4. The Kier molecular flexibility index (Phi) is 8.58. The lowest BCUT2D eigenvalue weighted by Crippen LogP contribution is -2.52.